The molecule has 88 valence electrons. The number of halogens is 1. The van der Waals surface area contributed by atoms with E-state index in [1.54, 1.807) is 12.4 Å². The van der Waals surface area contributed by atoms with Crippen LogP contribution in [0.2, 0.25) is 5.02 Å². The number of rotatable bonds is 2. The summed E-state index contributed by atoms with van der Waals surface area (Å²) in [7, 11) is 0. The molecule has 3 heterocycles. The first-order valence-electron chi connectivity index (χ1n) is 5.56. The molecule has 2 aromatic heterocycles. The van der Waals surface area contributed by atoms with Crippen molar-refractivity contribution in [2.45, 2.75) is 12.5 Å². The van der Waals surface area contributed by atoms with Gasteiger partial charge in [-0.25, -0.2) is 9.67 Å². The first-order chi connectivity index (χ1) is 8.34. The van der Waals surface area contributed by atoms with Gasteiger partial charge < -0.3 is 4.90 Å². The lowest BCUT2D eigenvalue weighted by molar-refractivity contribution is 0.479. The number of hydrogen-bond donors (Lipinski definition) is 0. The molecular weight excluding hydrogens is 238 g/mol. The van der Waals surface area contributed by atoms with Gasteiger partial charge in [-0.1, -0.05) is 16.8 Å². The lowest BCUT2D eigenvalue weighted by Gasteiger charge is -2.18. The average Bonchev–Trinajstić information content (AvgIpc) is 3.00. The highest BCUT2D eigenvalue weighted by Crippen LogP contribution is 2.29. The van der Waals surface area contributed by atoms with E-state index in [1.807, 2.05) is 23.0 Å². The minimum Gasteiger partial charge on any atom is -0.353 e. The molecule has 0 radical (unpaired) electrons. The van der Waals surface area contributed by atoms with Gasteiger partial charge >= 0.3 is 0 Å². The molecule has 0 unspecified atom stereocenters. The van der Waals surface area contributed by atoms with Crippen molar-refractivity contribution in [2.75, 3.05) is 18.0 Å². The van der Waals surface area contributed by atoms with Gasteiger partial charge in [0.05, 0.1) is 17.3 Å². The van der Waals surface area contributed by atoms with Crippen LogP contribution in [0.1, 0.15) is 12.5 Å². The Balaban J connectivity index is 1.79. The second kappa shape index (κ2) is 4.33. The third-order valence-corrected chi connectivity index (χ3v) is 3.31. The Morgan fingerprint density at radius 2 is 2.29 bits per heavy atom. The van der Waals surface area contributed by atoms with E-state index in [4.69, 9.17) is 11.6 Å². The molecule has 0 spiro atoms. The van der Waals surface area contributed by atoms with Gasteiger partial charge in [0.25, 0.3) is 0 Å². The van der Waals surface area contributed by atoms with Gasteiger partial charge in [-0.3, -0.25) is 0 Å². The van der Waals surface area contributed by atoms with E-state index in [-0.39, 0.29) is 0 Å². The Labute approximate surface area is 104 Å². The summed E-state index contributed by atoms with van der Waals surface area (Å²) < 4.78 is 1.90. The molecule has 0 amide bonds. The minimum absolute atomic E-state index is 0.357. The first kappa shape index (κ1) is 10.5. The Morgan fingerprint density at radius 1 is 1.35 bits per heavy atom. The van der Waals surface area contributed by atoms with Crippen LogP contribution < -0.4 is 4.90 Å². The molecule has 1 fully saturated rings. The molecule has 5 nitrogen and oxygen atoms in total. The van der Waals surface area contributed by atoms with Gasteiger partial charge in [-0.15, -0.1) is 5.10 Å². The fourth-order valence-electron chi connectivity index (χ4n) is 2.17. The van der Waals surface area contributed by atoms with Crippen molar-refractivity contribution < 1.29 is 0 Å². The van der Waals surface area contributed by atoms with Crippen molar-refractivity contribution in [1.82, 2.24) is 20.0 Å². The third kappa shape index (κ3) is 1.98. The predicted octanol–water partition coefficient (Wildman–Crippen LogP) is 1.78. The summed E-state index contributed by atoms with van der Waals surface area (Å²) in [6.45, 7) is 1.82. The van der Waals surface area contributed by atoms with Gasteiger partial charge in [0.15, 0.2) is 0 Å². The normalized spacial score (nSPS) is 19.8. The zero-order chi connectivity index (χ0) is 11.7. The van der Waals surface area contributed by atoms with Crippen LogP contribution in [0.4, 0.5) is 5.82 Å². The highest BCUT2D eigenvalue weighted by atomic mass is 35.5. The van der Waals surface area contributed by atoms with E-state index in [1.165, 1.54) is 0 Å². The molecule has 1 aliphatic heterocycles. The maximum atomic E-state index is 6.14. The van der Waals surface area contributed by atoms with Crippen LogP contribution in [0.25, 0.3) is 0 Å². The largest absolute Gasteiger partial charge is 0.353 e. The fourth-order valence-corrected chi connectivity index (χ4v) is 2.41. The maximum absolute atomic E-state index is 6.14. The summed E-state index contributed by atoms with van der Waals surface area (Å²) >= 11 is 6.14. The summed E-state index contributed by atoms with van der Waals surface area (Å²) in [6.07, 6.45) is 6.41. The van der Waals surface area contributed by atoms with Crippen LogP contribution >= 0.6 is 11.6 Å². The summed E-state index contributed by atoms with van der Waals surface area (Å²) in [5.74, 6) is 0.858. The lowest BCUT2D eigenvalue weighted by atomic mass is 10.3. The molecular formula is C11H12ClN5. The Morgan fingerprint density at radius 3 is 3.06 bits per heavy atom. The van der Waals surface area contributed by atoms with E-state index < -0.39 is 0 Å². The van der Waals surface area contributed by atoms with Crippen LogP contribution in [0, 0.1) is 0 Å². The van der Waals surface area contributed by atoms with E-state index >= 15 is 0 Å². The number of pyridine rings is 1. The second-order valence-corrected chi connectivity index (χ2v) is 4.49. The SMILES string of the molecule is Clc1cccnc1N1CC[C@@H](n2ccnn2)C1. The lowest BCUT2D eigenvalue weighted by Crippen LogP contribution is -2.22. The molecule has 1 aliphatic rings. The molecule has 0 bridgehead atoms. The van der Waals surface area contributed by atoms with Gasteiger partial charge in [-0.05, 0) is 18.6 Å². The minimum atomic E-state index is 0.357. The summed E-state index contributed by atoms with van der Waals surface area (Å²) in [5.41, 5.74) is 0. The van der Waals surface area contributed by atoms with Crippen molar-refractivity contribution in [3.63, 3.8) is 0 Å². The second-order valence-electron chi connectivity index (χ2n) is 4.08. The molecule has 0 saturated carbocycles. The van der Waals surface area contributed by atoms with Gasteiger partial charge in [0.1, 0.15) is 5.82 Å². The Hall–Kier alpha value is -1.62. The molecule has 17 heavy (non-hydrogen) atoms. The predicted molar refractivity (Wildman–Crippen MR) is 65.1 cm³/mol. The van der Waals surface area contributed by atoms with Crippen molar-refractivity contribution in [2.24, 2.45) is 0 Å². The zero-order valence-electron chi connectivity index (χ0n) is 9.20. The van der Waals surface area contributed by atoms with Crippen LogP contribution in [0.3, 0.4) is 0 Å². The number of anilines is 1. The number of aromatic nitrogens is 4. The highest BCUT2D eigenvalue weighted by molar-refractivity contribution is 6.32. The molecule has 0 aliphatic carbocycles. The van der Waals surface area contributed by atoms with E-state index in [0.29, 0.717) is 11.1 Å². The van der Waals surface area contributed by atoms with Crippen molar-refractivity contribution >= 4 is 17.4 Å². The maximum Gasteiger partial charge on any atom is 0.147 e. The summed E-state index contributed by atoms with van der Waals surface area (Å²) in [5, 5.41) is 8.57. The van der Waals surface area contributed by atoms with E-state index in [9.17, 15) is 0 Å². The van der Waals surface area contributed by atoms with Crippen LogP contribution in [0.5, 0.6) is 0 Å². The molecule has 1 saturated heterocycles. The van der Waals surface area contributed by atoms with Crippen LogP contribution in [0.15, 0.2) is 30.7 Å². The smallest absolute Gasteiger partial charge is 0.147 e. The van der Waals surface area contributed by atoms with Crippen LogP contribution in [-0.4, -0.2) is 33.1 Å². The highest BCUT2D eigenvalue weighted by Gasteiger charge is 2.26. The zero-order valence-corrected chi connectivity index (χ0v) is 9.96. The fraction of sp³-hybridized carbons (Fsp3) is 0.364. The molecule has 6 heteroatoms. The summed E-state index contributed by atoms with van der Waals surface area (Å²) in [4.78, 5) is 6.51. The summed E-state index contributed by atoms with van der Waals surface area (Å²) in [6, 6.07) is 4.07. The molecule has 0 aromatic carbocycles. The van der Waals surface area contributed by atoms with Gasteiger partial charge in [0, 0.05) is 25.5 Å². The van der Waals surface area contributed by atoms with Crippen LogP contribution in [-0.2, 0) is 0 Å². The molecule has 2 aromatic rings. The average molecular weight is 250 g/mol. The van der Waals surface area contributed by atoms with E-state index in [2.05, 4.69) is 20.2 Å². The number of nitrogens with zero attached hydrogens (tertiary/aromatic N) is 5. The molecule has 0 N–H and O–H groups in total. The topological polar surface area (TPSA) is 46.8 Å². The van der Waals surface area contributed by atoms with Crippen molar-refractivity contribution in [3.05, 3.63) is 35.7 Å². The molecule has 3 rings (SSSR count). The van der Waals surface area contributed by atoms with Crippen molar-refractivity contribution in [1.29, 1.82) is 0 Å². The van der Waals surface area contributed by atoms with E-state index in [0.717, 1.165) is 25.3 Å². The third-order valence-electron chi connectivity index (χ3n) is 3.02. The number of hydrogen-bond acceptors (Lipinski definition) is 4. The Kier molecular flexibility index (Phi) is 2.68. The Bertz CT molecular complexity index is 498. The van der Waals surface area contributed by atoms with Crippen molar-refractivity contribution in [3.8, 4) is 0 Å². The van der Waals surface area contributed by atoms with Gasteiger partial charge in [-0.2, -0.15) is 0 Å². The quantitative estimate of drug-likeness (QED) is 0.814. The monoisotopic (exact) mass is 249 g/mol. The first-order valence-corrected chi connectivity index (χ1v) is 5.93. The van der Waals surface area contributed by atoms with Gasteiger partial charge in [0.2, 0.25) is 0 Å². The molecule has 1 atom stereocenters. The standard InChI is InChI=1S/C11H12ClN5/c12-10-2-1-4-13-11(10)16-6-3-9(8-16)17-7-5-14-15-17/h1-2,4-5,7,9H,3,6,8H2/t9-/m1/s1.